The van der Waals surface area contributed by atoms with Crippen molar-refractivity contribution in [1.82, 2.24) is 5.32 Å². The number of nitrogens with one attached hydrogen (secondary N) is 1. The maximum Gasteiger partial charge on any atom is 0.419 e. The van der Waals surface area contributed by atoms with Gasteiger partial charge in [-0.15, -0.1) is 0 Å². The minimum absolute atomic E-state index is 0.148. The van der Waals surface area contributed by atoms with E-state index in [2.05, 4.69) is 5.32 Å². The second kappa shape index (κ2) is 6.77. The van der Waals surface area contributed by atoms with E-state index in [0.29, 0.717) is 11.5 Å². The molecule has 21 heavy (non-hydrogen) atoms. The van der Waals surface area contributed by atoms with Crippen molar-refractivity contribution in [1.29, 1.82) is 0 Å². The molecule has 1 aromatic carbocycles. The van der Waals surface area contributed by atoms with Crippen LogP contribution in [0.2, 0.25) is 0 Å². The summed E-state index contributed by atoms with van der Waals surface area (Å²) in [6.07, 6.45) is -0.481. The maximum atomic E-state index is 13.7. The molecule has 0 spiro atoms. The fourth-order valence-electron chi connectivity index (χ4n) is 3.21. The number of alkyl halides is 3. The first-order valence-electron chi connectivity index (χ1n) is 7.50. The van der Waals surface area contributed by atoms with Crippen molar-refractivity contribution in [3.63, 3.8) is 0 Å². The summed E-state index contributed by atoms with van der Waals surface area (Å²) in [4.78, 5) is 0. The lowest BCUT2D eigenvalue weighted by molar-refractivity contribution is -0.140. The van der Waals surface area contributed by atoms with Crippen molar-refractivity contribution in [3.05, 3.63) is 35.1 Å². The third kappa shape index (κ3) is 3.96. The molecule has 2 rings (SSSR count). The van der Waals surface area contributed by atoms with E-state index in [4.69, 9.17) is 0 Å². The Morgan fingerprint density at radius 1 is 1.19 bits per heavy atom. The highest BCUT2D eigenvalue weighted by Crippen LogP contribution is 2.39. The zero-order valence-electron chi connectivity index (χ0n) is 12.1. The molecule has 1 aromatic rings. The zero-order chi connectivity index (χ0) is 15.5. The van der Waals surface area contributed by atoms with Crippen molar-refractivity contribution >= 4 is 0 Å². The predicted octanol–water partition coefficient (Wildman–Crippen LogP) is 4.73. The Morgan fingerprint density at radius 3 is 2.52 bits per heavy atom. The third-order valence-electron chi connectivity index (χ3n) is 4.29. The van der Waals surface area contributed by atoms with Crippen LogP contribution in [0.4, 0.5) is 17.6 Å². The van der Waals surface area contributed by atoms with Crippen molar-refractivity contribution in [2.75, 3.05) is 13.1 Å². The number of hydrogen-bond donors (Lipinski definition) is 1. The molecule has 1 N–H and O–H groups in total. The molecule has 2 unspecified atom stereocenters. The highest BCUT2D eigenvalue weighted by molar-refractivity contribution is 5.29. The molecule has 0 amide bonds. The lowest BCUT2D eigenvalue weighted by Gasteiger charge is -2.32. The number of benzene rings is 1. The van der Waals surface area contributed by atoms with Crippen LogP contribution in [0, 0.1) is 11.7 Å². The van der Waals surface area contributed by atoms with Crippen molar-refractivity contribution in [3.8, 4) is 0 Å². The number of rotatable bonds is 4. The summed E-state index contributed by atoms with van der Waals surface area (Å²) in [5.74, 6) is -0.641. The molecule has 0 radical (unpaired) electrons. The summed E-state index contributed by atoms with van der Waals surface area (Å²) in [7, 11) is 0. The molecule has 0 aromatic heterocycles. The first kappa shape index (κ1) is 16.3. The van der Waals surface area contributed by atoms with Gasteiger partial charge in [-0.2, -0.15) is 13.2 Å². The highest BCUT2D eigenvalue weighted by Gasteiger charge is 2.35. The molecular formula is C16H21F4N. The van der Waals surface area contributed by atoms with Gasteiger partial charge in [0.1, 0.15) is 5.82 Å². The van der Waals surface area contributed by atoms with E-state index >= 15 is 0 Å². The standard InChI is InChI=1S/C16H21F4N/c1-2-21-10-12-5-3-4-6-13(12)11-7-8-14(15(17)9-11)16(18,19)20/h7-9,12-13,21H,2-6,10H2,1H3. The smallest absolute Gasteiger partial charge is 0.317 e. The maximum absolute atomic E-state index is 13.7. The molecule has 1 aliphatic carbocycles. The Bertz CT molecular complexity index is 470. The van der Waals surface area contributed by atoms with Crippen LogP contribution in [-0.4, -0.2) is 13.1 Å². The molecule has 5 heteroatoms. The van der Waals surface area contributed by atoms with Crippen LogP contribution >= 0.6 is 0 Å². The van der Waals surface area contributed by atoms with Crippen molar-refractivity contribution < 1.29 is 17.6 Å². The van der Waals surface area contributed by atoms with Gasteiger partial charge in [0.15, 0.2) is 0 Å². The predicted molar refractivity (Wildman–Crippen MR) is 74.6 cm³/mol. The van der Waals surface area contributed by atoms with E-state index in [1.165, 1.54) is 6.07 Å². The molecule has 1 aliphatic rings. The monoisotopic (exact) mass is 303 g/mol. The Labute approximate surface area is 122 Å². The molecule has 1 saturated carbocycles. The lowest BCUT2D eigenvalue weighted by Crippen LogP contribution is -2.29. The second-order valence-electron chi connectivity index (χ2n) is 5.70. The van der Waals surface area contributed by atoms with E-state index in [1.54, 1.807) is 0 Å². The van der Waals surface area contributed by atoms with Gasteiger partial charge in [-0.1, -0.05) is 25.8 Å². The fourth-order valence-corrected chi connectivity index (χ4v) is 3.21. The minimum atomic E-state index is -4.63. The van der Waals surface area contributed by atoms with Crippen LogP contribution in [0.25, 0.3) is 0 Å². The Kier molecular flexibility index (Phi) is 5.25. The van der Waals surface area contributed by atoms with Crippen molar-refractivity contribution in [2.45, 2.75) is 44.7 Å². The van der Waals surface area contributed by atoms with Gasteiger partial charge in [0.2, 0.25) is 0 Å². The molecule has 0 heterocycles. The minimum Gasteiger partial charge on any atom is -0.317 e. The van der Waals surface area contributed by atoms with E-state index in [9.17, 15) is 17.6 Å². The van der Waals surface area contributed by atoms with Crippen molar-refractivity contribution in [2.24, 2.45) is 5.92 Å². The van der Waals surface area contributed by atoms with Crippen LogP contribution in [-0.2, 0) is 6.18 Å². The van der Waals surface area contributed by atoms with Gasteiger partial charge in [0, 0.05) is 0 Å². The Balaban J connectivity index is 2.21. The van der Waals surface area contributed by atoms with Crippen LogP contribution in [0.1, 0.15) is 49.7 Å². The topological polar surface area (TPSA) is 12.0 Å². The Hall–Kier alpha value is -1.10. The van der Waals surface area contributed by atoms with Crippen LogP contribution < -0.4 is 5.32 Å². The summed E-state index contributed by atoms with van der Waals surface area (Å²) in [6.45, 7) is 3.73. The van der Waals surface area contributed by atoms with Gasteiger partial charge >= 0.3 is 6.18 Å². The summed E-state index contributed by atoms with van der Waals surface area (Å²) in [5.41, 5.74) is -0.478. The SMILES string of the molecule is CCNCC1CCCCC1c1ccc(C(F)(F)F)c(F)c1. The van der Waals surface area contributed by atoms with Gasteiger partial charge in [-0.3, -0.25) is 0 Å². The third-order valence-corrected chi connectivity index (χ3v) is 4.29. The highest BCUT2D eigenvalue weighted by atomic mass is 19.4. The molecule has 0 bridgehead atoms. The van der Waals surface area contributed by atoms with Crippen LogP contribution in [0.3, 0.4) is 0 Å². The Morgan fingerprint density at radius 2 is 1.90 bits per heavy atom. The molecule has 2 atom stereocenters. The van der Waals surface area contributed by atoms with Gasteiger partial charge in [0.25, 0.3) is 0 Å². The molecule has 118 valence electrons. The average Bonchev–Trinajstić information content (AvgIpc) is 2.44. The first-order valence-corrected chi connectivity index (χ1v) is 7.50. The summed E-state index contributed by atoms with van der Waals surface area (Å²) in [5, 5.41) is 3.29. The normalized spacial score (nSPS) is 23.3. The van der Waals surface area contributed by atoms with E-state index in [1.807, 2.05) is 6.92 Å². The largest absolute Gasteiger partial charge is 0.419 e. The summed E-state index contributed by atoms with van der Waals surface area (Å²) < 4.78 is 51.6. The van der Waals surface area contributed by atoms with E-state index in [-0.39, 0.29) is 5.92 Å². The molecule has 0 saturated heterocycles. The quantitative estimate of drug-likeness (QED) is 0.793. The van der Waals surface area contributed by atoms with Crippen LogP contribution in [0.5, 0.6) is 0 Å². The van der Waals surface area contributed by atoms with Gasteiger partial charge in [-0.05, 0) is 55.5 Å². The fraction of sp³-hybridized carbons (Fsp3) is 0.625. The van der Waals surface area contributed by atoms with Gasteiger partial charge in [-0.25, -0.2) is 4.39 Å². The van der Waals surface area contributed by atoms with Crippen LogP contribution in [0.15, 0.2) is 18.2 Å². The summed E-state index contributed by atoms with van der Waals surface area (Å²) >= 11 is 0. The van der Waals surface area contributed by atoms with E-state index in [0.717, 1.165) is 50.9 Å². The lowest BCUT2D eigenvalue weighted by atomic mass is 9.75. The molecular weight excluding hydrogens is 282 g/mol. The summed E-state index contributed by atoms with van der Waals surface area (Å²) in [6, 6.07) is 3.40. The van der Waals surface area contributed by atoms with Gasteiger partial charge < -0.3 is 5.32 Å². The second-order valence-corrected chi connectivity index (χ2v) is 5.70. The first-order chi connectivity index (χ1) is 9.93. The van der Waals surface area contributed by atoms with E-state index < -0.39 is 17.6 Å². The molecule has 1 fully saturated rings. The average molecular weight is 303 g/mol. The zero-order valence-corrected chi connectivity index (χ0v) is 12.1. The molecule has 0 aliphatic heterocycles. The molecule has 1 nitrogen and oxygen atoms in total. The number of hydrogen-bond acceptors (Lipinski definition) is 1. The van der Waals surface area contributed by atoms with Gasteiger partial charge in [0.05, 0.1) is 5.56 Å². The number of halogens is 4.